The minimum atomic E-state index is -4.69. The number of halogens is 4. The first-order chi connectivity index (χ1) is 14.5. The number of carboxylic acid groups (broad SMARTS) is 1. The zero-order valence-electron chi connectivity index (χ0n) is 15.9. The molecule has 2 aromatic carbocycles. The lowest BCUT2D eigenvalue weighted by Crippen LogP contribution is -2.24. The first-order valence-corrected chi connectivity index (χ1v) is 9.88. The number of carbonyl (C=O) groups excluding carboxylic acids is 2. The van der Waals surface area contributed by atoms with E-state index in [1.54, 1.807) is 24.3 Å². The molecule has 164 valence electrons. The lowest BCUT2D eigenvalue weighted by molar-refractivity contribution is -0.137. The minimum absolute atomic E-state index is 0.107. The van der Waals surface area contributed by atoms with Crippen molar-refractivity contribution in [1.82, 2.24) is 0 Å². The van der Waals surface area contributed by atoms with Crippen molar-refractivity contribution >= 4 is 52.5 Å². The molecule has 0 aromatic heterocycles. The zero-order valence-corrected chi connectivity index (χ0v) is 17.4. The number of nitrogens with one attached hydrogen (secondary N) is 2. The van der Waals surface area contributed by atoms with Gasteiger partial charge < -0.3 is 15.7 Å². The molecule has 11 heteroatoms. The van der Waals surface area contributed by atoms with Crippen molar-refractivity contribution in [3.63, 3.8) is 0 Å². The van der Waals surface area contributed by atoms with E-state index in [0.29, 0.717) is 16.7 Å². The quantitative estimate of drug-likeness (QED) is 0.387. The Kier molecular flexibility index (Phi) is 8.12. The van der Waals surface area contributed by atoms with Crippen LogP contribution in [-0.2, 0) is 20.6 Å². The second-order valence-corrected chi connectivity index (χ2v) is 7.98. The fourth-order valence-corrected chi connectivity index (χ4v) is 3.43. The predicted molar refractivity (Wildman–Crippen MR) is 112 cm³/mol. The Morgan fingerprint density at radius 1 is 1.10 bits per heavy atom. The second-order valence-electron chi connectivity index (χ2n) is 6.13. The Balaban J connectivity index is 2.07. The van der Waals surface area contributed by atoms with Crippen molar-refractivity contribution in [3.8, 4) is 0 Å². The summed E-state index contributed by atoms with van der Waals surface area (Å²) in [6, 6.07) is 9.43. The summed E-state index contributed by atoms with van der Waals surface area (Å²) >= 11 is 6.70. The van der Waals surface area contributed by atoms with Gasteiger partial charge in [0.1, 0.15) is 0 Å². The summed E-state index contributed by atoms with van der Waals surface area (Å²) < 4.78 is 39.6. The highest BCUT2D eigenvalue weighted by Crippen LogP contribution is 2.37. The summed E-state index contributed by atoms with van der Waals surface area (Å²) in [4.78, 5) is 35.1. The molecule has 0 aliphatic heterocycles. The predicted octanol–water partition coefficient (Wildman–Crippen LogP) is 5.06. The van der Waals surface area contributed by atoms with Crippen LogP contribution < -0.4 is 10.6 Å². The van der Waals surface area contributed by atoms with Gasteiger partial charge in [-0.05, 0) is 43.3 Å². The van der Waals surface area contributed by atoms with Gasteiger partial charge in [0.15, 0.2) is 0 Å². The van der Waals surface area contributed by atoms with Crippen LogP contribution in [0, 0.1) is 0 Å². The maximum atomic E-state index is 13.2. The van der Waals surface area contributed by atoms with Gasteiger partial charge in [0.25, 0.3) is 0 Å². The maximum absolute atomic E-state index is 13.2. The van der Waals surface area contributed by atoms with Crippen molar-refractivity contribution in [2.75, 3.05) is 10.6 Å². The molecule has 0 heterocycles. The fourth-order valence-electron chi connectivity index (χ4n) is 2.33. The van der Waals surface area contributed by atoms with Crippen LogP contribution in [0.3, 0.4) is 0 Å². The molecule has 31 heavy (non-hydrogen) atoms. The van der Waals surface area contributed by atoms with Crippen molar-refractivity contribution < 1.29 is 32.7 Å². The molecule has 1 unspecified atom stereocenters. The van der Waals surface area contributed by atoms with Crippen LogP contribution >= 0.6 is 23.4 Å². The monoisotopic (exact) mass is 472 g/mol. The Morgan fingerprint density at radius 2 is 1.81 bits per heavy atom. The number of benzene rings is 2. The van der Waals surface area contributed by atoms with E-state index >= 15 is 0 Å². The number of rotatable bonds is 7. The van der Waals surface area contributed by atoms with E-state index in [1.165, 1.54) is 13.0 Å². The Bertz CT molecular complexity index is 1030. The number of anilines is 2. The van der Waals surface area contributed by atoms with Crippen LogP contribution in [0.25, 0.3) is 0 Å². The highest BCUT2D eigenvalue weighted by molar-refractivity contribution is 8.00. The smallest absolute Gasteiger partial charge is 0.418 e. The zero-order chi connectivity index (χ0) is 23.2. The molecule has 6 nitrogen and oxygen atoms in total. The summed E-state index contributed by atoms with van der Waals surface area (Å²) in [5.74, 6) is -2.58. The molecular weight excluding hydrogens is 457 g/mol. The molecule has 0 aliphatic rings. The van der Waals surface area contributed by atoms with E-state index in [9.17, 15) is 27.6 Å². The molecule has 0 aliphatic carbocycles. The molecule has 2 aromatic rings. The Hall–Kier alpha value is -2.98. The van der Waals surface area contributed by atoms with Gasteiger partial charge in [0, 0.05) is 27.8 Å². The minimum Gasteiger partial charge on any atom is -0.478 e. The molecule has 2 amide bonds. The molecule has 1 atom stereocenters. The van der Waals surface area contributed by atoms with Gasteiger partial charge in [-0.25, -0.2) is 4.79 Å². The van der Waals surface area contributed by atoms with E-state index in [4.69, 9.17) is 16.7 Å². The van der Waals surface area contributed by atoms with Gasteiger partial charge in [0.05, 0.1) is 16.5 Å². The first-order valence-electron chi connectivity index (χ1n) is 8.62. The van der Waals surface area contributed by atoms with E-state index < -0.39 is 40.5 Å². The molecule has 0 spiro atoms. The van der Waals surface area contributed by atoms with Crippen molar-refractivity contribution in [1.29, 1.82) is 0 Å². The molecular formula is C20H16ClF3N2O4S. The topological polar surface area (TPSA) is 95.5 Å². The van der Waals surface area contributed by atoms with E-state index in [2.05, 4.69) is 10.6 Å². The van der Waals surface area contributed by atoms with Crippen molar-refractivity contribution in [2.45, 2.75) is 23.2 Å². The highest BCUT2D eigenvalue weighted by Gasteiger charge is 2.34. The molecule has 0 bridgehead atoms. The van der Waals surface area contributed by atoms with E-state index in [0.717, 1.165) is 30.0 Å². The first kappa shape index (κ1) is 24.3. The van der Waals surface area contributed by atoms with Crippen LogP contribution in [0.1, 0.15) is 12.5 Å². The molecule has 0 saturated heterocycles. The summed E-state index contributed by atoms with van der Waals surface area (Å²) in [5.41, 5.74) is -1.10. The number of carbonyl (C=O) groups is 3. The van der Waals surface area contributed by atoms with Crippen LogP contribution in [-0.4, -0.2) is 28.1 Å². The third-order valence-electron chi connectivity index (χ3n) is 3.71. The Labute approximate surface area is 184 Å². The summed E-state index contributed by atoms with van der Waals surface area (Å²) in [5, 5.41) is 12.4. The summed E-state index contributed by atoms with van der Waals surface area (Å²) in [6.07, 6.45) is -3.15. The lowest BCUT2D eigenvalue weighted by Gasteiger charge is -2.17. The number of amides is 2. The van der Waals surface area contributed by atoms with Crippen LogP contribution in [0.4, 0.5) is 24.5 Å². The average Bonchev–Trinajstić information content (AvgIpc) is 2.67. The van der Waals surface area contributed by atoms with E-state index in [-0.39, 0.29) is 5.02 Å². The lowest BCUT2D eigenvalue weighted by atomic mass is 10.1. The normalized spacial score (nSPS) is 12.4. The van der Waals surface area contributed by atoms with Gasteiger partial charge in [0.2, 0.25) is 11.8 Å². The fraction of sp³-hybridized carbons (Fsp3) is 0.150. The SMILES string of the molecule is CC(Sc1cccc(NC(=O)/C=C/C(=O)O)c1)C(=O)Nc1ccc(Cl)cc1C(F)(F)F. The Morgan fingerprint density at radius 3 is 2.45 bits per heavy atom. The number of hydrogen-bond acceptors (Lipinski definition) is 4. The third kappa shape index (κ3) is 7.65. The standard InChI is InChI=1S/C20H16ClF3N2O4S/c1-11(19(30)26-16-6-5-12(21)9-15(16)20(22,23)24)31-14-4-2-3-13(10-14)25-17(27)7-8-18(28)29/h2-11H,1H3,(H,25,27)(H,26,30)(H,28,29)/b8-7+. The van der Waals surface area contributed by atoms with E-state index in [1.807, 2.05) is 0 Å². The largest absolute Gasteiger partial charge is 0.478 e. The van der Waals surface area contributed by atoms with Crippen LogP contribution in [0.2, 0.25) is 5.02 Å². The third-order valence-corrected chi connectivity index (χ3v) is 5.03. The highest BCUT2D eigenvalue weighted by atomic mass is 35.5. The summed E-state index contributed by atoms with van der Waals surface area (Å²) in [7, 11) is 0. The number of hydrogen-bond donors (Lipinski definition) is 3. The van der Waals surface area contributed by atoms with Gasteiger partial charge in [-0.15, -0.1) is 11.8 Å². The van der Waals surface area contributed by atoms with Crippen molar-refractivity contribution in [2.24, 2.45) is 0 Å². The number of aliphatic carboxylic acids is 1. The number of alkyl halides is 3. The van der Waals surface area contributed by atoms with Crippen molar-refractivity contribution in [3.05, 3.63) is 65.2 Å². The molecule has 3 N–H and O–H groups in total. The molecule has 0 fully saturated rings. The number of thioether (sulfide) groups is 1. The second kappa shape index (κ2) is 10.4. The molecule has 0 radical (unpaired) electrons. The van der Waals surface area contributed by atoms with Gasteiger partial charge in [-0.3, -0.25) is 9.59 Å². The average molecular weight is 473 g/mol. The molecule has 0 saturated carbocycles. The van der Waals surface area contributed by atoms with Gasteiger partial charge in [-0.1, -0.05) is 17.7 Å². The number of carboxylic acids is 1. The van der Waals surface area contributed by atoms with Crippen LogP contribution in [0.15, 0.2) is 59.5 Å². The van der Waals surface area contributed by atoms with Gasteiger partial charge in [-0.2, -0.15) is 13.2 Å². The maximum Gasteiger partial charge on any atom is 0.418 e. The van der Waals surface area contributed by atoms with Gasteiger partial charge >= 0.3 is 12.1 Å². The summed E-state index contributed by atoms with van der Waals surface area (Å²) in [6.45, 7) is 1.52. The molecule has 2 rings (SSSR count). The van der Waals surface area contributed by atoms with Crippen LogP contribution in [0.5, 0.6) is 0 Å².